The average molecular weight is 403 g/mol. The summed E-state index contributed by atoms with van der Waals surface area (Å²) in [4.78, 5) is 14.7. The molecular formula is C21H26N2O4S. The molecule has 0 aromatic heterocycles. The maximum atomic E-state index is 13.1. The van der Waals surface area contributed by atoms with E-state index in [4.69, 9.17) is 4.74 Å². The molecule has 0 aliphatic carbocycles. The molecule has 1 amide bonds. The van der Waals surface area contributed by atoms with E-state index < -0.39 is 10.0 Å². The fraction of sp³-hybridized carbons (Fsp3) is 0.381. The third kappa shape index (κ3) is 4.36. The number of carbonyl (C=O) groups is 1. The quantitative estimate of drug-likeness (QED) is 0.745. The second kappa shape index (κ2) is 8.75. The third-order valence-electron chi connectivity index (χ3n) is 4.98. The van der Waals surface area contributed by atoms with Crippen LogP contribution in [0.2, 0.25) is 0 Å². The second-order valence-corrected chi connectivity index (χ2v) is 8.88. The predicted molar refractivity (Wildman–Crippen MR) is 108 cm³/mol. The number of ether oxygens (including phenoxy) is 1. The van der Waals surface area contributed by atoms with Gasteiger partial charge in [0, 0.05) is 26.7 Å². The number of piperidine rings is 1. The Morgan fingerprint density at radius 1 is 1.04 bits per heavy atom. The van der Waals surface area contributed by atoms with Gasteiger partial charge in [-0.1, -0.05) is 30.7 Å². The van der Waals surface area contributed by atoms with Crippen LogP contribution in [0.25, 0.3) is 0 Å². The molecule has 1 aliphatic heterocycles. The van der Waals surface area contributed by atoms with Crippen molar-refractivity contribution in [2.75, 3.05) is 27.2 Å². The third-order valence-corrected chi connectivity index (χ3v) is 6.93. The molecule has 0 unspecified atom stereocenters. The summed E-state index contributed by atoms with van der Waals surface area (Å²) < 4.78 is 32.9. The number of hydrogen-bond donors (Lipinski definition) is 0. The van der Waals surface area contributed by atoms with Crippen molar-refractivity contribution in [1.29, 1.82) is 0 Å². The monoisotopic (exact) mass is 402 g/mol. The van der Waals surface area contributed by atoms with Gasteiger partial charge >= 0.3 is 0 Å². The maximum Gasteiger partial charge on any atom is 0.255 e. The summed E-state index contributed by atoms with van der Waals surface area (Å²) in [5.41, 5.74) is 1.15. The van der Waals surface area contributed by atoms with Gasteiger partial charge in [0.15, 0.2) is 0 Å². The minimum atomic E-state index is -3.68. The highest BCUT2D eigenvalue weighted by Gasteiger charge is 2.30. The number of rotatable bonds is 6. The standard InChI is InChI=1S/C21H26N2O4S/c1-22(16-17-10-12-18(27-2)13-11-17)21(24)19-8-4-5-9-20(19)28(25,26)23-14-6-3-7-15-23/h4-5,8-13H,3,6-7,14-16H2,1-2H3. The average Bonchev–Trinajstić information content (AvgIpc) is 2.74. The SMILES string of the molecule is COc1ccc(CN(C)C(=O)c2ccccc2S(=O)(=O)N2CCCCC2)cc1. The lowest BCUT2D eigenvalue weighted by Crippen LogP contribution is -2.37. The summed E-state index contributed by atoms with van der Waals surface area (Å²) >= 11 is 0. The molecule has 7 heteroatoms. The highest BCUT2D eigenvalue weighted by molar-refractivity contribution is 7.89. The Morgan fingerprint density at radius 2 is 1.68 bits per heavy atom. The first-order chi connectivity index (χ1) is 13.4. The molecule has 150 valence electrons. The number of methoxy groups -OCH3 is 1. The molecule has 2 aromatic rings. The van der Waals surface area contributed by atoms with Crippen molar-refractivity contribution < 1.29 is 17.9 Å². The van der Waals surface area contributed by atoms with E-state index in [1.807, 2.05) is 24.3 Å². The number of carbonyl (C=O) groups excluding carboxylic acids is 1. The van der Waals surface area contributed by atoms with Crippen molar-refractivity contribution in [2.24, 2.45) is 0 Å². The van der Waals surface area contributed by atoms with Crippen molar-refractivity contribution in [3.05, 3.63) is 59.7 Å². The van der Waals surface area contributed by atoms with Crippen LogP contribution in [0.15, 0.2) is 53.4 Å². The van der Waals surface area contributed by atoms with Crippen LogP contribution in [0.1, 0.15) is 35.2 Å². The molecule has 6 nitrogen and oxygen atoms in total. The van der Waals surface area contributed by atoms with Crippen molar-refractivity contribution in [3.63, 3.8) is 0 Å². The topological polar surface area (TPSA) is 66.9 Å². The molecule has 28 heavy (non-hydrogen) atoms. The van der Waals surface area contributed by atoms with Crippen LogP contribution >= 0.6 is 0 Å². The smallest absolute Gasteiger partial charge is 0.255 e. The van der Waals surface area contributed by atoms with Crippen molar-refractivity contribution >= 4 is 15.9 Å². The molecule has 1 saturated heterocycles. The Morgan fingerprint density at radius 3 is 2.32 bits per heavy atom. The molecule has 0 N–H and O–H groups in total. The van der Waals surface area contributed by atoms with Gasteiger partial charge in [-0.2, -0.15) is 4.31 Å². The molecule has 2 aromatic carbocycles. The lowest BCUT2D eigenvalue weighted by Gasteiger charge is -2.27. The van der Waals surface area contributed by atoms with Gasteiger partial charge in [-0.05, 0) is 42.7 Å². The maximum absolute atomic E-state index is 13.1. The van der Waals surface area contributed by atoms with Gasteiger partial charge in [-0.15, -0.1) is 0 Å². The molecule has 3 rings (SSSR count). The molecule has 1 aliphatic rings. The molecule has 0 atom stereocenters. The van der Waals surface area contributed by atoms with Crippen LogP contribution in [0.3, 0.4) is 0 Å². The minimum Gasteiger partial charge on any atom is -0.497 e. The van der Waals surface area contributed by atoms with Crippen LogP contribution in [-0.4, -0.2) is 50.8 Å². The van der Waals surface area contributed by atoms with Crippen molar-refractivity contribution in [2.45, 2.75) is 30.7 Å². The minimum absolute atomic E-state index is 0.0866. The molecule has 0 radical (unpaired) electrons. The van der Waals surface area contributed by atoms with E-state index in [1.165, 1.54) is 15.3 Å². The Balaban J connectivity index is 1.83. The van der Waals surface area contributed by atoms with E-state index >= 15 is 0 Å². The normalized spacial score (nSPS) is 15.2. The Labute approximate surface area is 166 Å². The fourth-order valence-electron chi connectivity index (χ4n) is 3.39. The highest BCUT2D eigenvalue weighted by atomic mass is 32.2. The molecular weight excluding hydrogens is 376 g/mol. The number of amides is 1. The van der Waals surface area contributed by atoms with E-state index in [2.05, 4.69) is 0 Å². The summed E-state index contributed by atoms with van der Waals surface area (Å²) in [6.07, 6.45) is 2.75. The highest BCUT2D eigenvalue weighted by Crippen LogP contribution is 2.25. The van der Waals surface area contributed by atoms with Crippen LogP contribution in [0.4, 0.5) is 0 Å². The zero-order valence-corrected chi connectivity index (χ0v) is 17.1. The van der Waals surface area contributed by atoms with Crippen molar-refractivity contribution in [1.82, 2.24) is 9.21 Å². The number of hydrogen-bond acceptors (Lipinski definition) is 4. The van der Waals surface area contributed by atoms with Crippen LogP contribution in [0.5, 0.6) is 5.75 Å². The van der Waals surface area contributed by atoms with Gasteiger partial charge < -0.3 is 9.64 Å². The number of nitrogens with zero attached hydrogens (tertiary/aromatic N) is 2. The van der Waals surface area contributed by atoms with Gasteiger partial charge in [-0.25, -0.2) is 8.42 Å². The Hall–Kier alpha value is -2.38. The van der Waals surface area contributed by atoms with Gasteiger partial charge in [0.25, 0.3) is 5.91 Å². The number of sulfonamides is 1. The summed E-state index contributed by atoms with van der Waals surface area (Å²) in [5, 5.41) is 0. The first-order valence-electron chi connectivity index (χ1n) is 9.41. The van der Waals surface area contributed by atoms with Gasteiger partial charge in [0.2, 0.25) is 10.0 Å². The first-order valence-corrected chi connectivity index (χ1v) is 10.8. The Bertz CT molecular complexity index is 920. The first kappa shape index (κ1) is 20.4. The zero-order valence-electron chi connectivity index (χ0n) is 16.3. The molecule has 0 spiro atoms. The largest absolute Gasteiger partial charge is 0.497 e. The van der Waals surface area contributed by atoms with E-state index in [-0.39, 0.29) is 16.4 Å². The predicted octanol–water partition coefficient (Wildman–Crippen LogP) is 3.14. The lowest BCUT2D eigenvalue weighted by molar-refractivity contribution is 0.0781. The van der Waals surface area contributed by atoms with Crippen LogP contribution < -0.4 is 4.74 Å². The number of benzene rings is 2. The van der Waals surface area contributed by atoms with Gasteiger partial charge in [0.1, 0.15) is 5.75 Å². The second-order valence-electron chi connectivity index (χ2n) is 6.97. The zero-order chi connectivity index (χ0) is 20.1. The fourth-order valence-corrected chi connectivity index (χ4v) is 5.10. The van der Waals surface area contributed by atoms with E-state index in [9.17, 15) is 13.2 Å². The lowest BCUT2D eigenvalue weighted by atomic mass is 10.1. The van der Waals surface area contributed by atoms with Crippen LogP contribution in [0, 0.1) is 0 Å². The summed E-state index contributed by atoms with van der Waals surface area (Å²) in [7, 11) is -0.405. The molecule has 0 bridgehead atoms. The van der Waals surface area contributed by atoms with Crippen molar-refractivity contribution in [3.8, 4) is 5.75 Å². The van der Waals surface area contributed by atoms with Gasteiger partial charge in [-0.3, -0.25) is 4.79 Å². The molecule has 1 heterocycles. The van der Waals surface area contributed by atoms with E-state index in [1.54, 1.807) is 32.4 Å². The van der Waals surface area contributed by atoms with Gasteiger partial charge in [0.05, 0.1) is 17.6 Å². The van der Waals surface area contributed by atoms with E-state index in [0.29, 0.717) is 19.6 Å². The summed E-state index contributed by atoms with van der Waals surface area (Å²) in [6, 6.07) is 13.9. The summed E-state index contributed by atoms with van der Waals surface area (Å²) in [5.74, 6) is 0.433. The van der Waals surface area contributed by atoms with E-state index in [0.717, 1.165) is 30.6 Å². The Kier molecular flexibility index (Phi) is 6.36. The molecule has 0 saturated carbocycles. The van der Waals surface area contributed by atoms with Crippen LogP contribution in [-0.2, 0) is 16.6 Å². The molecule has 1 fully saturated rings. The summed E-state index contributed by atoms with van der Waals surface area (Å²) in [6.45, 7) is 1.39.